The highest BCUT2D eigenvalue weighted by molar-refractivity contribution is 5.78. The fourth-order valence-corrected chi connectivity index (χ4v) is 2.69. The molecule has 1 saturated heterocycles. The van der Waals surface area contributed by atoms with Crippen molar-refractivity contribution in [3.8, 4) is 0 Å². The van der Waals surface area contributed by atoms with Crippen LogP contribution in [-0.4, -0.2) is 29.1 Å². The molecule has 0 unspecified atom stereocenters. The Morgan fingerprint density at radius 3 is 2.88 bits per heavy atom. The van der Waals surface area contributed by atoms with E-state index in [4.69, 9.17) is 4.74 Å². The number of carbonyl (C=O) groups is 1. The molecule has 2 heterocycles. The fourth-order valence-electron chi connectivity index (χ4n) is 2.69. The summed E-state index contributed by atoms with van der Waals surface area (Å²) in [5, 5.41) is 2.84. The molecule has 0 bridgehead atoms. The first-order chi connectivity index (χ1) is 11.7. The van der Waals surface area contributed by atoms with Crippen molar-refractivity contribution in [3.63, 3.8) is 0 Å². The van der Waals surface area contributed by atoms with Gasteiger partial charge in [0.1, 0.15) is 11.6 Å². The third-order valence-electron chi connectivity index (χ3n) is 4.00. The van der Waals surface area contributed by atoms with E-state index in [1.54, 1.807) is 24.4 Å². The van der Waals surface area contributed by atoms with Crippen LogP contribution in [0.1, 0.15) is 35.8 Å². The Bertz CT molecular complexity index is 685. The number of carbonyl (C=O) groups excluding carboxylic acids is 1. The van der Waals surface area contributed by atoms with Gasteiger partial charge >= 0.3 is 0 Å². The zero-order chi connectivity index (χ0) is 16.8. The van der Waals surface area contributed by atoms with Crippen LogP contribution in [0.25, 0.3) is 0 Å². The molecule has 3 rings (SSSR count). The molecule has 0 spiro atoms. The molecule has 1 aromatic heterocycles. The lowest BCUT2D eigenvalue weighted by molar-refractivity contribution is -0.120. The van der Waals surface area contributed by atoms with Crippen LogP contribution >= 0.6 is 0 Å². The van der Waals surface area contributed by atoms with Gasteiger partial charge in [0.25, 0.3) is 0 Å². The standard InChI is InChI=1S/C18H20FN3O2/c19-15-5-3-13(4-6-15)10-17(23)21-11-16-7-8-20-18(22-16)14-2-1-9-24-12-14/h3-8,14H,1-2,9-12H2,(H,21,23)/t14-/m0/s1. The molecule has 1 aliphatic rings. The Labute approximate surface area is 140 Å². The summed E-state index contributed by atoms with van der Waals surface area (Å²) in [6.07, 6.45) is 3.99. The predicted octanol–water partition coefficient (Wildman–Crippen LogP) is 2.37. The maximum absolute atomic E-state index is 12.9. The van der Waals surface area contributed by atoms with Crippen LogP contribution in [0.15, 0.2) is 36.5 Å². The maximum Gasteiger partial charge on any atom is 0.224 e. The minimum absolute atomic E-state index is 0.122. The molecule has 1 aromatic carbocycles. The molecule has 1 aliphatic heterocycles. The third kappa shape index (κ3) is 4.58. The Morgan fingerprint density at radius 1 is 1.29 bits per heavy atom. The molecule has 0 radical (unpaired) electrons. The summed E-state index contributed by atoms with van der Waals surface area (Å²) in [5.74, 6) is 0.579. The van der Waals surface area contributed by atoms with Gasteiger partial charge in [-0.05, 0) is 36.6 Å². The van der Waals surface area contributed by atoms with Crippen LogP contribution in [-0.2, 0) is 22.5 Å². The van der Waals surface area contributed by atoms with Crippen molar-refractivity contribution < 1.29 is 13.9 Å². The van der Waals surface area contributed by atoms with Gasteiger partial charge in [-0.1, -0.05) is 12.1 Å². The number of nitrogens with zero attached hydrogens (tertiary/aromatic N) is 2. The van der Waals surface area contributed by atoms with E-state index in [1.807, 2.05) is 0 Å². The van der Waals surface area contributed by atoms with Crippen molar-refractivity contribution >= 4 is 5.91 Å². The summed E-state index contributed by atoms with van der Waals surface area (Å²) in [4.78, 5) is 20.8. The number of nitrogens with one attached hydrogen (secondary N) is 1. The monoisotopic (exact) mass is 329 g/mol. The van der Waals surface area contributed by atoms with Crippen LogP contribution in [0.3, 0.4) is 0 Å². The smallest absolute Gasteiger partial charge is 0.224 e. The SMILES string of the molecule is O=C(Cc1ccc(F)cc1)NCc1ccnc([C@H]2CCCOC2)n1. The number of aromatic nitrogens is 2. The second-order valence-electron chi connectivity index (χ2n) is 5.90. The highest BCUT2D eigenvalue weighted by Crippen LogP contribution is 2.22. The normalized spacial score (nSPS) is 17.5. The maximum atomic E-state index is 12.9. The summed E-state index contributed by atoms with van der Waals surface area (Å²) < 4.78 is 18.3. The van der Waals surface area contributed by atoms with Gasteiger partial charge < -0.3 is 10.1 Å². The number of amides is 1. The fraction of sp³-hybridized carbons (Fsp3) is 0.389. The summed E-state index contributed by atoms with van der Waals surface area (Å²) >= 11 is 0. The molecule has 5 nitrogen and oxygen atoms in total. The van der Waals surface area contributed by atoms with Crippen molar-refractivity contribution in [2.45, 2.75) is 31.7 Å². The number of hydrogen-bond donors (Lipinski definition) is 1. The molecule has 0 aliphatic carbocycles. The zero-order valence-corrected chi connectivity index (χ0v) is 13.4. The van der Waals surface area contributed by atoms with Crippen molar-refractivity contribution in [1.29, 1.82) is 0 Å². The predicted molar refractivity (Wildman–Crippen MR) is 86.8 cm³/mol. The van der Waals surface area contributed by atoms with Crippen LogP contribution in [0.4, 0.5) is 4.39 Å². The first-order valence-electron chi connectivity index (χ1n) is 8.11. The first kappa shape index (κ1) is 16.5. The summed E-state index contributed by atoms with van der Waals surface area (Å²) in [6.45, 7) is 1.80. The Balaban J connectivity index is 1.54. The number of halogens is 1. The van der Waals surface area contributed by atoms with E-state index < -0.39 is 0 Å². The van der Waals surface area contributed by atoms with Crippen molar-refractivity contribution in [2.24, 2.45) is 0 Å². The highest BCUT2D eigenvalue weighted by atomic mass is 19.1. The minimum atomic E-state index is -0.306. The molecular formula is C18H20FN3O2. The second kappa shape index (κ2) is 7.97. The van der Waals surface area contributed by atoms with E-state index in [2.05, 4.69) is 15.3 Å². The van der Waals surface area contributed by atoms with Gasteiger partial charge in [0.15, 0.2) is 0 Å². The van der Waals surface area contributed by atoms with E-state index in [9.17, 15) is 9.18 Å². The van der Waals surface area contributed by atoms with Crippen LogP contribution in [0.2, 0.25) is 0 Å². The Kier molecular flexibility index (Phi) is 5.48. The Morgan fingerprint density at radius 2 is 2.12 bits per heavy atom. The average molecular weight is 329 g/mol. The number of hydrogen-bond acceptors (Lipinski definition) is 4. The number of rotatable bonds is 5. The van der Waals surface area contributed by atoms with Gasteiger partial charge in [-0.15, -0.1) is 0 Å². The summed E-state index contributed by atoms with van der Waals surface area (Å²) in [5.41, 5.74) is 1.55. The Hall–Kier alpha value is -2.34. The quantitative estimate of drug-likeness (QED) is 0.915. The first-order valence-corrected chi connectivity index (χ1v) is 8.11. The lowest BCUT2D eigenvalue weighted by atomic mass is 10.0. The van der Waals surface area contributed by atoms with E-state index in [-0.39, 0.29) is 24.1 Å². The van der Waals surface area contributed by atoms with E-state index in [1.165, 1.54) is 12.1 Å². The molecule has 1 atom stereocenters. The van der Waals surface area contributed by atoms with Gasteiger partial charge in [-0.2, -0.15) is 0 Å². The second-order valence-corrected chi connectivity index (χ2v) is 5.90. The molecule has 6 heteroatoms. The molecule has 24 heavy (non-hydrogen) atoms. The third-order valence-corrected chi connectivity index (χ3v) is 4.00. The van der Waals surface area contributed by atoms with Crippen molar-refractivity contribution in [1.82, 2.24) is 15.3 Å². The number of ether oxygens (including phenoxy) is 1. The van der Waals surface area contributed by atoms with E-state index >= 15 is 0 Å². The van der Waals surface area contributed by atoms with E-state index in [0.717, 1.165) is 36.5 Å². The molecule has 0 saturated carbocycles. The van der Waals surface area contributed by atoms with Gasteiger partial charge in [0.05, 0.1) is 25.3 Å². The van der Waals surface area contributed by atoms with Gasteiger partial charge in [-0.25, -0.2) is 14.4 Å². The van der Waals surface area contributed by atoms with Crippen molar-refractivity contribution in [2.75, 3.05) is 13.2 Å². The molecule has 1 N–H and O–H groups in total. The van der Waals surface area contributed by atoms with Crippen molar-refractivity contribution in [3.05, 3.63) is 59.4 Å². The molecule has 126 valence electrons. The van der Waals surface area contributed by atoms with E-state index in [0.29, 0.717) is 13.2 Å². The number of benzene rings is 1. The van der Waals surface area contributed by atoms with Crippen LogP contribution in [0, 0.1) is 5.82 Å². The summed E-state index contributed by atoms with van der Waals surface area (Å²) in [7, 11) is 0. The largest absolute Gasteiger partial charge is 0.381 e. The minimum Gasteiger partial charge on any atom is -0.381 e. The molecule has 1 amide bonds. The molecule has 1 fully saturated rings. The van der Waals surface area contributed by atoms with Gasteiger partial charge in [0, 0.05) is 18.7 Å². The average Bonchev–Trinajstić information content (AvgIpc) is 2.63. The van der Waals surface area contributed by atoms with Gasteiger partial charge in [0.2, 0.25) is 5.91 Å². The van der Waals surface area contributed by atoms with Crippen LogP contribution in [0.5, 0.6) is 0 Å². The lowest BCUT2D eigenvalue weighted by Gasteiger charge is -2.20. The lowest BCUT2D eigenvalue weighted by Crippen LogP contribution is -2.25. The zero-order valence-electron chi connectivity index (χ0n) is 13.4. The highest BCUT2D eigenvalue weighted by Gasteiger charge is 2.18. The van der Waals surface area contributed by atoms with Crippen LogP contribution < -0.4 is 5.32 Å². The van der Waals surface area contributed by atoms with Gasteiger partial charge in [-0.3, -0.25) is 4.79 Å². The molecule has 2 aromatic rings. The molecular weight excluding hydrogens is 309 g/mol. The topological polar surface area (TPSA) is 64.1 Å². The summed E-state index contributed by atoms with van der Waals surface area (Å²) in [6, 6.07) is 7.73.